The Hall–Kier alpha value is -1.36. The van der Waals surface area contributed by atoms with E-state index in [4.69, 9.17) is 32.6 Å². The zero-order chi connectivity index (χ0) is 24.8. The van der Waals surface area contributed by atoms with Crippen molar-refractivity contribution in [2.45, 2.75) is 57.5 Å². The van der Waals surface area contributed by atoms with E-state index in [9.17, 15) is 4.79 Å². The summed E-state index contributed by atoms with van der Waals surface area (Å²) in [6, 6.07) is 0. The van der Waals surface area contributed by atoms with Crippen LogP contribution in [0.1, 0.15) is 51.9 Å². The summed E-state index contributed by atoms with van der Waals surface area (Å²) in [5.74, 6) is 7.19. The molecule has 2 fully saturated rings. The maximum absolute atomic E-state index is 13.0. The van der Waals surface area contributed by atoms with E-state index in [1.165, 1.54) is 0 Å². The number of Topliss-reactive ketones (excluding diaryl/α,β-unsaturated/α-hetero) is 1. The molecule has 1 spiro atoms. The van der Waals surface area contributed by atoms with Crippen molar-refractivity contribution < 1.29 is 71.0 Å². The van der Waals surface area contributed by atoms with E-state index in [2.05, 4.69) is 58.7 Å². The first-order chi connectivity index (χ1) is 14.7. The molecule has 0 aromatic rings. The van der Waals surface area contributed by atoms with Crippen molar-refractivity contribution in [3.05, 3.63) is 39.9 Å². The molecule has 0 aliphatic heterocycles. The molecule has 3 aliphatic rings. The molecule has 176 valence electrons. The third-order valence-corrected chi connectivity index (χ3v) is 5.71. The van der Waals surface area contributed by atoms with Crippen LogP contribution in [0.3, 0.4) is 0 Å². The molecule has 8 nitrogen and oxygen atoms in total. The number of fused-ring (bicyclic) bond motifs is 1. The monoisotopic (exact) mass is 532 g/mol. The van der Waals surface area contributed by atoms with Crippen LogP contribution in [-0.2, 0) is 71.0 Å². The van der Waals surface area contributed by atoms with Gasteiger partial charge in [0.2, 0.25) is 0 Å². The van der Waals surface area contributed by atoms with Gasteiger partial charge in [0.25, 0.3) is 0 Å². The Kier molecular flexibility index (Phi) is 38.3. The molecule has 0 saturated heterocycles. The van der Waals surface area contributed by atoms with Crippen molar-refractivity contribution in [2.24, 2.45) is 17.3 Å². The van der Waals surface area contributed by atoms with Crippen LogP contribution in [0.4, 0.5) is 0 Å². The molecule has 0 N–H and O–H groups in total. The van der Waals surface area contributed by atoms with Gasteiger partial charge in [-0.1, -0.05) is 12.8 Å². The molecule has 0 heterocycles. The molecule has 32 heavy (non-hydrogen) atoms. The summed E-state index contributed by atoms with van der Waals surface area (Å²) < 4.78 is 51.0. The number of hydrogen-bond acceptors (Lipinski definition) is 2. The molecule has 0 amide bonds. The van der Waals surface area contributed by atoms with Crippen LogP contribution < -0.4 is 0 Å². The SMILES string of the molecule is CO[C@]12CCC[C@H]3C#CC[C@@H](C)[C@@]1(CCC2)C3=O.[C-]#[O+].[C-]#[O+].[C-]#[O+].[C-]#[O+].[C-]#[O+].[C-]#[O+].[Co].[Co]. The zero-order valence-electron chi connectivity index (χ0n) is 17.5. The van der Waals surface area contributed by atoms with Crippen molar-refractivity contribution in [2.75, 3.05) is 7.11 Å². The quantitative estimate of drug-likeness (QED) is 0.291. The normalized spacial score (nSPS) is 26.6. The van der Waals surface area contributed by atoms with Gasteiger partial charge in [0.05, 0.1) is 16.9 Å². The minimum atomic E-state index is -0.264. The van der Waals surface area contributed by atoms with Gasteiger partial charge in [0.1, 0.15) is 0 Å². The first-order valence-corrected chi connectivity index (χ1v) is 8.47. The predicted octanol–water partition coefficient (Wildman–Crippen LogP) is 2.72. The van der Waals surface area contributed by atoms with Crippen molar-refractivity contribution in [3.8, 4) is 11.8 Å². The second-order valence-corrected chi connectivity index (χ2v) is 6.26. The number of carbonyl (C=O) groups excluding carboxylic acids is 1. The minimum Gasteiger partial charge on any atom is 0 e. The van der Waals surface area contributed by atoms with Gasteiger partial charge in [-0.15, -0.1) is 5.92 Å². The number of hydrogen-bond donors (Lipinski definition) is 0. The molecule has 4 atom stereocenters. The van der Waals surface area contributed by atoms with Gasteiger partial charge >= 0.3 is 67.8 Å². The van der Waals surface area contributed by atoms with Crippen LogP contribution in [0.25, 0.3) is 0 Å². The number of carbonyl (C=O) groups is 1. The van der Waals surface area contributed by atoms with E-state index in [0.29, 0.717) is 11.7 Å². The van der Waals surface area contributed by atoms with Crippen LogP contribution >= 0.6 is 0 Å². The smallest absolute Gasteiger partial charge is 0 e. The standard InChI is InChI=1S/C16H22O2.6CO.2Co/c1-12-6-3-7-13-8-4-9-15(18-2)10-5-11-16(12,15)14(13)17;6*1-2;;/h12-13H,4-6,8-11H2,1-2H3;;;;;;;;/t12-,13-,15+,16+;;;;;;;;/m1......../s1. The van der Waals surface area contributed by atoms with Gasteiger partial charge in [-0.25, -0.2) is 0 Å². The zero-order valence-corrected chi connectivity index (χ0v) is 19.6. The summed E-state index contributed by atoms with van der Waals surface area (Å²) in [4.78, 5) is 13.0. The largest absolute Gasteiger partial charge is 0 e. The molecular weight excluding hydrogens is 510 g/mol. The van der Waals surface area contributed by atoms with Gasteiger partial charge in [0, 0.05) is 47.1 Å². The molecule has 2 radical (unpaired) electrons. The average molecular weight is 532 g/mol. The first-order valence-electron chi connectivity index (χ1n) is 8.47. The van der Waals surface area contributed by atoms with Crippen molar-refractivity contribution in [1.29, 1.82) is 0 Å². The molecule has 3 aliphatic carbocycles. The average Bonchev–Trinajstić information content (AvgIpc) is 3.15. The summed E-state index contributed by atoms with van der Waals surface area (Å²) in [6.07, 6.45) is 7.08. The van der Waals surface area contributed by atoms with Gasteiger partial charge in [-0.3, -0.25) is 4.79 Å². The molecule has 0 aromatic carbocycles. The van der Waals surface area contributed by atoms with E-state index in [-0.39, 0.29) is 50.5 Å². The van der Waals surface area contributed by atoms with Crippen molar-refractivity contribution in [1.82, 2.24) is 0 Å². The second-order valence-electron chi connectivity index (χ2n) is 6.26. The Balaban J connectivity index is -0.000000106. The Morgan fingerprint density at radius 1 is 0.844 bits per heavy atom. The molecule has 0 unspecified atom stereocenters. The fourth-order valence-electron chi connectivity index (χ4n) is 4.80. The fraction of sp³-hybridized carbons (Fsp3) is 0.591. The van der Waals surface area contributed by atoms with Gasteiger partial charge in [0.15, 0.2) is 5.78 Å². The fourth-order valence-corrected chi connectivity index (χ4v) is 4.80. The molecule has 0 aromatic heterocycles. The Morgan fingerprint density at radius 3 is 1.72 bits per heavy atom. The van der Waals surface area contributed by atoms with Crippen molar-refractivity contribution >= 4 is 5.78 Å². The molecule has 2 saturated carbocycles. The van der Waals surface area contributed by atoms with Gasteiger partial charge < -0.3 is 4.74 Å². The molecule has 10 heteroatoms. The maximum atomic E-state index is 13.0. The summed E-state index contributed by atoms with van der Waals surface area (Å²) >= 11 is 0. The third kappa shape index (κ3) is 9.64. The van der Waals surface area contributed by atoms with Crippen LogP contribution in [0.2, 0.25) is 0 Å². The van der Waals surface area contributed by atoms with Crippen LogP contribution in [0.5, 0.6) is 0 Å². The Morgan fingerprint density at radius 2 is 1.28 bits per heavy atom. The van der Waals surface area contributed by atoms with E-state index in [0.717, 1.165) is 44.9 Å². The molecule has 2 bridgehead atoms. The Labute approximate surface area is 210 Å². The summed E-state index contributed by atoms with van der Waals surface area (Å²) in [7, 11) is 1.80. The number of ketones is 1. The van der Waals surface area contributed by atoms with Gasteiger partial charge in [-0.05, 0) is 44.4 Å². The van der Waals surface area contributed by atoms with Gasteiger partial charge in [-0.2, -0.15) is 0 Å². The topological polar surface area (TPSA) is 146 Å². The third-order valence-electron chi connectivity index (χ3n) is 5.71. The maximum Gasteiger partial charge on any atom is 0 e. The number of rotatable bonds is 1. The molecular formula is C22H22Co2O8. The summed E-state index contributed by atoms with van der Waals surface area (Å²) in [5.41, 5.74) is -0.467. The van der Waals surface area contributed by atoms with E-state index in [1.807, 2.05) is 0 Å². The van der Waals surface area contributed by atoms with E-state index in [1.54, 1.807) is 7.11 Å². The first kappa shape index (κ1) is 44.3. The predicted molar refractivity (Wildman–Crippen MR) is 93.5 cm³/mol. The van der Waals surface area contributed by atoms with Crippen molar-refractivity contribution in [3.63, 3.8) is 0 Å². The van der Waals surface area contributed by atoms with E-state index < -0.39 is 0 Å². The minimum absolute atomic E-state index is 0. The van der Waals surface area contributed by atoms with E-state index >= 15 is 0 Å². The number of methoxy groups -OCH3 is 1. The van der Waals surface area contributed by atoms with Crippen LogP contribution in [0.15, 0.2) is 0 Å². The Bertz CT molecular complexity index is 637. The molecule has 3 rings (SSSR count). The van der Waals surface area contributed by atoms with Crippen LogP contribution in [-0.4, -0.2) is 18.5 Å². The van der Waals surface area contributed by atoms with Crippen LogP contribution in [0, 0.1) is 69.0 Å². The second kappa shape index (κ2) is 27.7. The number of ether oxygens (including phenoxy) is 1. The summed E-state index contributed by atoms with van der Waals surface area (Å²) in [6.45, 7) is 29.2. The summed E-state index contributed by atoms with van der Waals surface area (Å²) in [5, 5.41) is 0.